The monoisotopic (exact) mass is 276 g/mol. The molecule has 1 atom stereocenters. The van der Waals surface area contributed by atoms with E-state index in [0.717, 1.165) is 25.3 Å². The van der Waals surface area contributed by atoms with Crippen LogP contribution in [-0.4, -0.2) is 35.4 Å². The largest absolute Gasteiger partial charge is 0.319 e. The molecular weight excluding hydrogens is 256 g/mol. The van der Waals surface area contributed by atoms with Crippen LogP contribution in [0.4, 0.5) is 0 Å². The maximum atomic E-state index is 12.2. The molecule has 1 unspecified atom stereocenters. The molecule has 2 aliphatic heterocycles. The summed E-state index contributed by atoms with van der Waals surface area (Å²) in [5.74, 6) is 1.83. The van der Waals surface area contributed by atoms with Crippen LogP contribution >= 0.6 is 11.8 Å². The zero-order chi connectivity index (χ0) is 13.5. The van der Waals surface area contributed by atoms with E-state index in [2.05, 4.69) is 42.3 Å². The molecule has 4 heteroatoms. The fourth-order valence-electron chi connectivity index (χ4n) is 2.99. The fraction of sp³-hybridized carbons (Fsp3) is 0.533. The van der Waals surface area contributed by atoms with Crippen LogP contribution in [0.5, 0.6) is 0 Å². The van der Waals surface area contributed by atoms with Crippen LogP contribution in [0.2, 0.25) is 0 Å². The van der Waals surface area contributed by atoms with Crippen molar-refractivity contribution in [2.75, 3.05) is 24.6 Å². The Labute approximate surface area is 118 Å². The molecular formula is C15H20N2OS. The normalized spacial score (nSPS) is 27.3. The zero-order valence-electron chi connectivity index (χ0n) is 11.5. The summed E-state index contributed by atoms with van der Waals surface area (Å²) in [4.78, 5) is 14.3. The van der Waals surface area contributed by atoms with Crippen molar-refractivity contribution < 1.29 is 4.79 Å². The Morgan fingerprint density at radius 3 is 2.95 bits per heavy atom. The van der Waals surface area contributed by atoms with Gasteiger partial charge < -0.3 is 4.90 Å². The van der Waals surface area contributed by atoms with Gasteiger partial charge in [-0.2, -0.15) is 0 Å². The molecule has 0 aromatic heterocycles. The minimum Gasteiger partial charge on any atom is -0.319 e. The second-order valence-corrected chi connectivity index (χ2v) is 6.46. The molecule has 1 aromatic carbocycles. The van der Waals surface area contributed by atoms with Gasteiger partial charge in [0.1, 0.15) is 5.66 Å². The third kappa shape index (κ3) is 2.07. The van der Waals surface area contributed by atoms with E-state index in [1.807, 2.05) is 0 Å². The molecule has 3 nitrogen and oxygen atoms in total. The first-order chi connectivity index (χ1) is 9.13. The van der Waals surface area contributed by atoms with E-state index >= 15 is 0 Å². The minimum atomic E-state index is -0.281. The van der Waals surface area contributed by atoms with Crippen molar-refractivity contribution in [1.82, 2.24) is 10.2 Å². The number of nitrogens with one attached hydrogen (secondary N) is 1. The molecule has 2 heterocycles. The number of carbonyl (C=O) groups excluding carboxylic acids is 1. The van der Waals surface area contributed by atoms with E-state index in [0.29, 0.717) is 5.75 Å². The first-order valence-corrected chi connectivity index (χ1v) is 8.00. The molecule has 0 bridgehead atoms. The van der Waals surface area contributed by atoms with Crippen molar-refractivity contribution in [3.05, 3.63) is 34.9 Å². The third-order valence-electron chi connectivity index (χ3n) is 4.26. The smallest absolute Gasteiger partial charge is 0.234 e. The molecule has 2 fully saturated rings. The lowest BCUT2D eigenvalue weighted by Crippen LogP contribution is -2.66. The number of thioether (sulfide) groups is 1. The highest BCUT2D eigenvalue weighted by atomic mass is 32.2. The number of nitrogens with zero attached hydrogens (tertiary/aromatic N) is 1. The minimum absolute atomic E-state index is 0.265. The lowest BCUT2D eigenvalue weighted by atomic mass is 9.93. The number of fused-ring (bicyclic) bond motifs is 1. The highest BCUT2D eigenvalue weighted by Gasteiger charge is 2.45. The second kappa shape index (κ2) is 4.84. The highest BCUT2D eigenvalue weighted by molar-refractivity contribution is 8.00. The van der Waals surface area contributed by atoms with Gasteiger partial charge in [-0.15, -0.1) is 11.8 Å². The summed E-state index contributed by atoms with van der Waals surface area (Å²) in [5.41, 5.74) is 3.55. The Hall–Kier alpha value is -1.00. The van der Waals surface area contributed by atoms with Gasteiger partial charge in [0.2, 0.25) is 5.91 Å². The van der Waals surface area contributed by atoms with Gasteiger partial charge in [0.05, 0.1) is 5.75 Å². The van der Waals surface area contributed by atoms with E-state index in [1.165, 1.54) is 16.7 Å². The number of aryl methyl sites for hydroxylation is 2. The first-order valence-electron chi connectivity index (χ1n) is 6.84. The molecule has 0 aliphatic carbocycles. The number of rotatable bonds is 1. The number of benzene rings is 1. The van der Waals surface area contributed by atoms with Crippen molar-refractivity contribution >= 4 is 17.7 Å². The summed E-state index contributed by atoms with van der Waals surface area (Å²) in [5, 5.41) is 3.61. The van der Waals surface area contributed by atoms with Gasteiger partial charge in [0, 0.05) is 12.3 Å². The molecule has 1 N–H and O–H groups in total. The lowest BCUT2D eigenvalue weighted by Gasteiger charge is -2.50. The topological polar surface area (TPSA) is 32.3 Å². The number of amides is 1. The van der Waals surface area contributed by atoms with Crippen LogP contribution in [0, 0.1) is 13.8 Å². The highest BCUT2D eigenvalue weighted by Crippen LogP contribution is 2.37. The Morgan fingerprint density at radius 1 is 1.32 bits per heavy atom. The van der Waals surface area contributed by atoms with E-state index in [9.17, 15) is 4.79 Å². The summed E-state index contributed by atoms with van der Waals surface area (Å²) in [7, 11) is 0. The predicted molar refractivity (Wildman–Crippen MR) is 79.3 cm³/mol. The molecule has 19 heavy (non-hydrogen) atoms. The molecule has 2 aliphatic rings. The van der Waals surface area contributed by atoms with Crippen LogP contribution in [0.25, 0.3) is 0 Å². The van der Waals surface area contributed by atoms with Crippen LogP contribution in [0.3, 0.4) is 0 Å². The SMILES string of the molecule is Cc1ccc(C23CSCC(=O)N2CCCN3)cc1C. The van der Waals surface area contributed by atoms with Gasteiger partial charge in [-0.3, -0.25) is 10.1 Å². The molecule has 2 saturated heterocycles. The van der Waals surface area contributed by atoms with Crippen molar-refractivity contribution in [3.63, 3.8) is 0 Å². The Morgan fingerprint density at radius 2 is 2.16 bits per heavy atom. The first kappa shape index (κ1) is 13.0. The van der Waals surface area contributed by atoms with Crippen molar-refractivity contribution in [1.29, 1.82) is 0 Å². The van der Waals surface area contributed by atoms with Crippen LogP contribution < -0.4 is 5.32 Å². The van der Waals surface area contributed by atoms with E-state index in [4.69, 9.17) is 0 Å². The van der Waals surface area contributed by atoms with Crippen molar-refractivity contribution in [2.24, 2.45) is 0 Å². The van der Waals surface area contributed by atoms with Gasteiger partial charge in [-0.05, 0) is 43.5 Å². The average Bonchev–Trinajstić information content (AvgIpc) is 2.42. The van der Waals surface area contributed by atoms with E-state index in [-0.39, 0.29) is 11.6 Å². The van der Waals surface area contributed by atoms with Gasteiger partial charge >= 0.3 is 0 Å². The van der Waals surface area contributed by atoms with Crippen LogP contribution in [0.1, 0.15) is 23.1 Å². The van der Waals surface area contributed by atoms with Gasteiger partial charge in [-0.25, -0.2) is 0 Å². The number of hydrogen-bond donors (Lipinski definition) is 1. The molecule has 1 aromatic rings. The fourth-order valence-corrected chi connectivity index (χ4v) is 4.14. The molecule has 1 amide bonds. The molecule has 102 valence electrons. The van der Waals surface area contributed by atoms with E-state index < -0.39 is 0 Å². The summed E-state index contributed by atoms with van der Waals surface area (Å²) in [6, 6.07) is 6.57. The Kier molecular flexibility index (Phi) is 3.31. The molecule has 0 saturated carbocycles. The average molecular weight is 276 g/mol. The molecule has 0 spiro atoms. The van der Waals surface area contributed by atoms with Gasteiger partial charge in [-0.1, -0.05) is 18.2 Å². The third-order valence-corrected chi connectivity index (χ3v) is 5.33. The quantitative estimate of drug-likeness (QED) is 0.852. The van der Waals surface area contributed by atoms with Gasteiger partial charge in [0.25, 0.3) is 0 Å². The van der Waals surface area contributed by atoms with Crippen molar-refractivity contribution in [2.45, 2.75) is 25.9 Å². The van der Waals surface area contributed by atoms with E-state index in [1.54, 1.807) is 11.8 Å². The maximum absolute atomic E-state index is 12.2. The lowest BCUT2D eigenvalue weighted by molar-refractivity contribution is -0.138. The number of carbonyl (C=O) groups is 1. The van der Waals surface area contributed by atoms with Crippen LogP contribution in [0.15, 0.2) is 18.2 Å². The standard InChI is InChI=1S/C15H20N2OS/c1-11-4-5-13(8-12(11)2)15-10-19-9-14(18)17(15)7-3-6-16-15/h4-5,8,16H,3,6-7,9-10H2,1-2H3. The van der Waals surface area contributed by atoms with Crippen LogP contribution in [-0.2, 0) is 10.5 Å². The summed E-state index contributed by atoms with van der Waals surface area (Å²) < 4.78 is 0. The molecule has 3 rings (SSSR count). The zero-order valence-corrected chi connectivity index (χ0v) is 12.3. The summed E-state index contributed by atoms with van der Waals surface area (Å²) in [6.07, 6.45) is 1.04. The Balaban J connectivity index is 2.06. The van der Waals surface area contributed by atoms with Crippen molar-refractivity contribution in [3.8, 4) is 0 Å². The predicted octanol–water partition coefficient (Wildman–Crippen LogP) is 2.02. The Bertz CT molecular complexity index is 513. The molecule has 0 radical (unpaired) electrons. The van der Waals surface area contributed by atoms with Gasteiger partial charge in [0.15, 0.2) is 0 Å². The summed E-state index contributed by atoms with van der Waals surface area (Å²) in [6.45, 7) is 6.13. The number of hydrogen-bond acceptors (Lipinski definition) is 3. The second-order valence-electron chi connectivity index (χ2n) is 5.48. The maximum Gasteiger partial charge on any atom is 0.234 e. The summed E-state index contributed by atoms with van der Waals surface area (Å²) >= 11 is 1.74.